The Kier molecular flexibility index (Phi) is 3.27. The quantitative estimate of drug-likeness (QED) is 0.870. The Bertz CT molecular complexity index is 555. The molecule has 6 heteroatoms. The molecule has 0 spiro atoms. The zero-order valence-electron chi connectivity index (χ0n) is 10.2. The molecule has 2 heterocycles. The van der Waals surface area contributed by atoms with Crippen molar-refractivity contribution in [2.24, 2.45) is 0 Å². The minimum Gasteiger partial charge on any atom is -0.392 e. The Labute approximate surface area is 109 Å². The Morgan fingerprint density at radius 1 is 1.37 bits per heavy atom. The van der Waals surface area contributed by atoms with Crippen molar-refractivity contribution in [1.29, 1.82) is 0 Å². The number of aliphatic hydroxyl groups is 1. The molecule has 2 aromatic rings. The molecular weight excluding hydrogens is 249 g/mol. The van der Waals surface area contributed by atoms with Gasteiger partial charge in [0.15, 0.2) is 5.82 Å². The van der Waals surface area contributed by atoms with Crippen molar-refractivity contribution in [1.82, 2.24) is 15.5 Å². The van der Waals surface area contributed by atoms with Gasteiger partial charge in [-0.1, -0.05) is 17.3 Å². The van der Waals surface area contributed by atoms with Crippen LogP contribution >= 0.6 is 0 Å². The second-order valence-corrected chi connectivity index (χ2v) is 4.70. The van der Waals surface area contributed by atoms with Crippen LogP contribution in [0.2, 0.25) is 0 Å². The van der Waals surface area contributed by atoms with Crippen molar-refractivity contribution in [3.05, 3.63) is 47.4 Å². The van der Waals surface area contributed by atoms with E-state index in [2.05, 4.69) is 15.5 Å². The second kappa shape index (κ2) is 5.07. The highest BCUT2D eigenvalue weighted by atomic mass is 19.1. The summed E-state index contributed by atoms with van der Waals surface area (Å²) in [5, 5.41) is 16.5. The third-order valence-corrected chi connectivity index (χ3v) is 3.17. The molecule has 0 amide bonds. The number of aliphatic hydroxyl groups excluding tert-OH is 1. The monoisotopic (exact) mass is 263 g/mol. The summed E-state index contributed by atoms with van der Waals surface area (Å²) in [6, 6.07) is 6.13. The molecule has 2 unspecified atom stereocenters. The summed E-state index contributed by atoms with van der Waals surface area (Å²) in [4.78, 5) is 4.30. The lowest BCUT2D eigenvalue weighted by atomic mass is 10.1. The second-order valence-electron chi connectivity index (χ2n) is 4.70. The number of rotatable bonds is 3. The van der Waals surface area contributed by atoms with Crippen LogP contribution in [0.15, 0.2) is 28.8 Å². The number of aromatic nitrogens is 2. The van der Waals surface area contributed by atoms with Crippen molar-refractivity contribution >= 4 is 0 Å². The van der Waals surface area contributed by atoms with Crippen molar-refractivity contribution in [2.75, 3.05) is 6.54 Å². The van der Waals surface area contributed by atoms with E-state index in [4.69, 9.17) is 4.52 Å². The first-order chi connectivity index (χ1) is 9.20. The number of β-amino-alcohol motifs (C(OH)–C–C–N with tert-alkyl or cyclic N) is 1. The summed E-state index contributed by atoms with van der Waals surface area (Å²) in [7, 11) is 0. The average molecular weight is 263 g/mol. The first-order valence-corrected chi connectivity index (χ1v) is 6.19. The zero-order valence-corrected chi connectivity index (χ0v) is 10.2. The van der Waals surface area contributed by atoms with Gasteiger partial charge in [-0.2, -0.15) is 4.98 Å². The minimum absolute atomic E-state index is 0.0792. The first kappa shape index (κ1) is 12.3. The largest absolute Gasteiger partial charge is 0.392 e. The minimum atomic E-state index is -0.363. The normalized spacial score (nSPS) is 22.8. The first-order valence-electron chi connectivity index (χ1n) is 6.19. The van der Waals surface area contributed by atoms with Crippen molar-refractivity contribution in [3.8, 4) is 0 Å². The van der Waals surface area contributed by atoms with Crippen LogP contribution in [-0.2, 0) is 6.42 Å². The van der Waals surface area contributed by atoms with Gasteiger partial charge in [0.05, 0.1) is 12.1 Å². The van der Waals surface area contributed by atoms with Gasteiger partial charge >= 0.3 is 0 Å². The molecule has 19 heavy (non-hydrogen) atoms. The van der Waals surface area contributed by atoms with Crippen LogP contribution in [-0.4, -0.2) is 27.9 Å². The van der Waals surface area contributed by atoms with E-state index in [1.54, 1.807) is 12.1 Å². The number of benzene rings is 1. The van der Waals surface area contributed by atoms with Gasteiger partial charge in [0.1, 0.15) is 5.82 Å². The molecule has 3 rings (SSSR count). The van der Waals surface area contributed by atoms with Crippen LogP contribution in [0.1, 0.15) is 29.7 Å². The molecule has 1 aromatic carbocycles. The highest BCUT2D eigenvalue weighted by Crippen LogP contribution is 2.22. The van der Waals surface area contributed by atoms with Crippen LogP contribution in [0, 0.1) is 5.82 Å². The van der Waals surface area contributed by atoms with Crippen LogP contribution < -0.4 is 5.32 Å². The molecule has 0 aliphatic carbocycles. The van der Waals surface area contributed by atoms with E-state index in [1.807, 2.05) is 0 Å². The Morgan fingerprint density at radius 3 is 2.84 bits per heavy atom. The van der Waals surface area contributed by atoms with Crippen molar-refractivity contribution in [3.63, 3.8) is 0 Å². The Balaban J connectivity index is 1.69. The lowest BCUT2D eigenvalue weighted by Crippen LogP contribution is -2.15. The third kappa shape index (κ3) is 2.80. The van der Waals surface area contributed by atoms with Crippen molar-refractivity contribution in [2.45, 2.75) is 25.0 Å². The van der Waals surface area contributed by atoms with Gasteiger partial charge in [-0.3, -0.25) is 0 Å². The smallest absolute Gasteiger partial charge is 0.243 e. The van der Waals surface area contributed by atoms with E-state index < -0.39 is 0 Å². The summed E-state index contributed by atoms with van der Waals surface area (Å²) in [6.07, 6.45) is 0.717. The van der Waals surface area contributed by atoms with E-state index in [9.17, 15) is 9.50 Å². The van der Waals surface area contributed by atoms with Crippen LogP contribution in [0.3, 0.4) is 0 Å². The molecule has 1 aliphatic heterocycles. The molecule has 2 atom stereocenters. The van der Waals surface area contributed by atoms with E-state index in [0.717, 1.165) is 5.56 Å². The van der Waals surface area contributed by atoms with Crippen LogP contribution in [0.4, 0.5) is 4.39 Å². The molecule has 0 bridgehead atoms. The fourth-order valence-corrected chi connectivity index (χ4v) is 2.17. The predicted octanol–water partition coefficient (Wildman–Crippen LogP) is 1.19. The molecule has 100 valence electrons. The standard InChI is InChI=1S/C13H14FN3O2/c14-9-3-1-8(2-4-9)5-12-16-13(19-17-12)11-6-10(18)7-15-11/h1-4,10-11,15,18H,5-7H2. The molecule has 1 aliphatic rings. The number of hydrogen-bond acceptors (Lipinski definition) is 5. The van der Waals surface area contributed by atoms with Gasteiger partial charge < -0.3 is 14.9 Å². The summed E-state index contributed by atoms with van der Waals surface area (Å²) in [5.41, 5.74) is 0.924. The highest BCUT2D eigenvalue weighted by molar-refractivity contribution is 5.19. The predicted molar refractivity (Wildman–Crippen MR) is 64.9 cm³/mol. The topological polar surface area (TPSA) is 71.2 Å². The van der Waals surface area contributed by atoms with Gasteiger partial charge in [-0.05, 0) is 24.1 Å². The molecule has 2 N–H and O–H groups in total. The van der Waals surface area contributed by atoms with E-state index in [-0.39, 0.29) is 18.0 Å². The van der Waals surface area contributed by atoms with E-state index in [0.29, 0.717) is 31.1 Å². The molecule has 5 nitrogen and oxygen atoms in total. The van der Waals surface area contributed by atoms with Gasteiger partial charge in [0.2, 0.25) is 5.89 Å². The van der Waals surface area contributed by atoms with Crippen LogP contribution in [0.25, 0.3) is 0 Å². The SMILES string of the molecule is OC1CNC(c2nc(Cc3ccc(F)cc3)no2)C1. The van der Waals surface area contributed by atoms with Gasteiger partial charge in [-0.25, -0.2) is 4.39 Å². The molecule has 1 saturated heterocycles. The fraction of sp³-hybridized carbons (Fsp3) is 0.385. The number of halogens is 1. The Hall–Kier alpha value is -1.79. The van der Waals surface area contributed by atoms with Gasteiger partial charge in [-0.15, -0.1) is 0 Å². The summed E-state index contributed by atoms with van der Waals surface area (Å²) >= 11 is 0. The average Bonchev–Trinajstić information content (AvgIpc) is 3.01. The third-order valence-electron chi connectivity index (χ3n) is 3.17. The van der Waals surface area contributed by atoms with Crippen LogP contribution in [0.5, 0.6) is 0 Å². The zero-order chi connectivity index (χ0) is 13.2. The molecular formula is C13H14FN3O2. The Morgan fingerprint density at radius 2 is 2.16 bits per heavy atom. The van der Waals surface area contributed by atoms with Crippen molar-refractivity contribution < 1.29 is 14.0 Å². The lowest BCUT2D eigenvalue weighted by molar-refractivity contribution is 0.191. The summed E-state index contributed by atoms with van der Waals surface area (Å²) < 4.78 is 18.0. The number of nitrogens with one attached hydrogen (secondary N) is 1. The summed E-state index contributed by atoms with van der Waals surface area (Å²) in [6.45, 7) is 0.542. The maximum atomic E-state index is 12.8. The maximum absolute atomic E-state index is 12.8. The fourth-order valence-electron chi connectivity index (χ4n) is 2.17. The summed E-state index contributed by atoms with van der Waals surface area (Å²) in [5.74, 6) is 0.792. The molecule has 0 radical (unpaired) electrons. The lowest BCUT2D eigenvalue weighted by Gasteiger charge is -2.01. The highest BCUT2D eigenvalue weighted by Gasteiger charge is 2.27. The molecule has 1 fully saturated rings. The molecule has 0 saturated carbocycles. The molecule has 1 aromatic heterocycles. The van der Waals surface area contributed by atoms with E-state index in [1.165, 1.54) is 12.1 Å². The number of nitrogens with zero attached hydrogens (tertiary/aromatic N) is 2. The van der Waals surface area contributed by atoms with Gasteiger partial charge in [0.25, 0.3) is 0 Å². The number of hydrogen-bond donors (Lipinski definition) is 2. The van der Waals surface area contributed by atoms with E-state index >= 15 is 0 Å². The van der Waals surface area contributed by atoms with Gasteiger partial charge in [0, 0.05) is 13.0 Å². The maximum Gasteiger partial charge on any atom is 0.243 e.